The summed E-state index contributed by atoms with van der Waals surface area (Å²) in [5.41, 5.74) is 1.25. The molecule has 3 nitrogen and oxygen atoms in total. The highest BCUT2D eigenvalue weighted by Crippen LogP contribution is 2.37. The molecule has 0 aliphatic heterocycles. The topological polar surface area (TPSA) is 25.4 Å². The Morgan fingerprint density at radius 3 is 2.94 bits per heavy atom. The average Bonchev–Trinajstić information content (AvgIpc) is 3.23. The maximum Gasteiger partial charge on any atom is 0.132 e. The zero-order valence-corrected chi connectivity index (χ0v) is 12.7. The number of alkyl halides is 1. The molecule has 1 aliphatic rings. The van der Waals surface area contributed by atoms with Gasteiger partial charge < -0.3 is 9.64 Å². The Bertz CT molecular complexity index is 382. The lowest BCUT2D eigenvalue weighted by molar-refractivity contribution is 0.202. The first-order valence-electron chi connectivity index (χ1n) is 6.53. The standard InChI is InChI=1S/C14H21BrN2O/c1-11(12-5-6-12)17(8-9-18-2)14-13(10-15)4-3-7-16-14/h3-4,7,11-12H,5-6,8-10H2,1-2H3. The summed E-state index contributed by atoms with van der Waals surface area (Å²) in [4.78, 5) is 6.97. The molecule has 1 atom stereocenters. The van der Waals surface area contributed by atoms with E-state index in [1.54, 1.807) is 7.11 Å². The predicted octanol–water partition coefficient (Wildman–Crippen LogP) is 3.23. The van der Waals surface area contributed by atoms with Crippen molar-refractivity contribution in [3.05, 3.63) is 23.9 Å². The summed E-state index contributed by atoms with van der Waals surface area (Å²) >= 11 is 3.55. The van der Waals surface area contributed by atoms with E-state index in [1.165, 1.54) is 18.4 Å². The lowest BCUT2D eigenvalue weighted by Crippen LogP contribution is -2.38. The molecule has 0 radical (unpaired) electrons. The summed E-state index contributed by atoms with van der Waals surface area (Å²) < 4.78 is 5.24. The van der Waals surface area contributed by atoms with Gasteiger partial charge in [-0.05, 0) is 31.7 Å². The molecule has 1 fully saturated rings. The minimum Gasteiger partial charge on any atom is -0.383 e. The molecule has 1 aromatic rings. The van der Waals surface area contributed by atoms with Gasteiger partial charge in [-0.15, -0.1) is 0 Å². The molecule has 0 spiro atoms. The summed E-state index contributed by atoms with van der Waals surface area (Å²) in [7, 11) is 1.75. The minimum atomic E-state index is 0.549. The lowest BCUT2D eigenvalue weighted by Gasteiger charge is -2.31. The van der Waals surface area contributed by atoms with Crippen LogP contribution < -0.4 is 4.90 Å². The predicted molar refractivity (Wildman–Crippen MR) is 78.3 cm³/mol. The highest BCUT2D eigenvalue weighted by Gasteiger charge is 2.33. The molecule has 1 aliphatic carbocycles. The summed E-state index contributed by atoms with van der Waals surface area (Å²) in [6.07, 6.45) is 4.57. The van der Waals surface area contributed by atoms with Crippen LogP contribution in [0.25, 0.3) is 0 Å². The van der Waals surface area contributed by atoms with E-state index < -0.39 is 0 Å². The molecule has 1 heterocycles. The van der Waals surface area contributed by atoms with Crippen molar-refractivity contribution in [1.29, 1.82) is 0 Å². The number of pyridine rings is 1. The molecule has 2 rings (SSSR count). The van der Waals surface area contributed by atoms with Crippen LogP contribution in [0.3, 0.4) is 0 Å². The Kier molecular flexibility index (Phi) is 5.01. The van der Waals surface area contributed by atoms with Crippen LogP contribution in [0.15, 0.2) is 18.3 Å². The third-order valence-corrected chi connectivity index (χ3v) is 4.22. The van der Waals surface area contributed by atoms with Crippen LogP contribution in [0.4, 0.5) is 5.82 Å². The van der Waals surface area contributed by atoms with Crippen LogP contribution in [0.5, 0.6) is 0 Å². The molecule has 18 heavy (non-hydrogen) atoms. The van der Waals surface area contributed by atoms with Crippen molar-refractivity contribution in [2.45, 2.75) is 31.1 Å². The van der Waals surface area contributed by atoms with E-state index in [2.05, 4.69) is 38.8 Å². The molecule has 4 heteroatoms. The number of hydrogen-bond donors (Lipinski definition) is 0. The van der Waals surface area contributed by atoms with E-state index in [9.17, 15) is 0 Å². The van der Waals surface area contributed by atoms with Crippen molar-refractivity contribution in [3.63, 3.8) is 0 Å². The second kappa shape index (κ2) is 6.53. The van der Waals surface area contributed by atoms with E-state index in [0.717, 1.165) is 30.2 Å². The third kappa shape index (κ3) is 3.23. The summed E-state index contributed by atoms with van der Waals surface area (Å²) in [5.74, 6) is 1.93. The Balaban J connectivity index is 2.20. The molecule has 1 unspecified atom stereocenters. The Labute approximate surface area is 118 Å². The highest BCUT2D eigenvalue weighted by molar-refractivity contribution is 9.08. The monoisotopic (exact) mass is 312 g/mol. The first kappa shape index (κ1) is 13.8. The molecule has 100 valence electrons. The van der Waals surface area contributed by atoms with Crippen molar-refractivity contribution in [3.8, 4) is 0 Å². The molecule has 0 bridgehead atoms. The van der Waals surface area contributed by atoms with Crippen molar-refractivity contribution in [1.82, 2.24) is 4.98 Å². The quantitative estimate of drug-likeness (QED) is 0.723. The fourth-order valence-corrected chi connectivity index (χ4v) is 2.76. The van der Waals surface area contributed by atoms with Gasteiger partial charge in [-0.2, -0.15) is 0 Å². The van der Waals surface area contributed by atoms with Crippen molar-refractivity contribution in [2.75, 3.05) is 25.2 Å². The molecule has 0 aromatic carbocycles. The van der Waals surface area contributed by atoms with E-state index >= 15 is 0 Å². The van der Waals surface area contributed by atoms with Gasteiger partial charge in [0.2, 0.25) is 0 Å². The average molecular weight is 313 g/mol. The van der Waals surface area contributed by atoms with Gasteiger partial charge in [0.15, 0.2) is 0 Å². The molecular formula is C14H21BrN2O. The van der Waals surface area contributed by atoms with Gasteiger partial charge in [0.05, 0.1) is 6.61 Å². The van der Waals surface area contributed by atoms with E-state index in [4.69, 9.17) is 4.74 Å². The van der Waals surface area contributed by atoms with Crippen molar-refractivity contribution >= 4 is 21.7 Å². The Morgan fingerprint density at radius 1 is 1.56 bits per heavy atom. The number of ether oxygens (including phenoxy) is 1. The lowest BCUT2D eigenvalue weighted by atomic mass is 10.1. The fourth-order valence-electron chi connectivity index (χ4n) is 2.32. The summed E-state index contributed by atoms with van der Waals surface area (Å²) in [6.45, 7) is 3.96. The van der Waals surface area contributed by atoms with Gasteiger partial charge in [0, 0.05) is 36.8 Å². The van der Waals surface area contributed by atoms with E-state index in [-0.39, 0.29) is 0 Å². The SMILES string of the molecule is COCCN(c1ncccc1CBr)C(C)C1CC1. The van der Waals surface area contributed by atoms with Gasteiger partial charge in [-0.3, -0.25) is 0 Å². The third-order valence-electron chi connectivity index (χ3n) is 3.62. The van der Waals surface area contributed by atoms with Gasteiger partial charge in [-0.1, -0.05) is 22.0 Å². The van der Waals surface area contributed by atoms with Crippen LogP contribution >= 0.6 is 15.9 Å². The van der Waals surface area contributed by atoms with Crippen LogP contribution in [-0.2, 0) is 10.1 Å². The molecule has 1 saturated carbocycles. The molecular weight excluding hydrogens is 292 g/mol. The Morgan fingerprint density at radius 2 is 2.33 bits per heavy atom. The van der Waals surface area contributed by atoms with Crippen molar-refractivity contribution in [2.24, 2.45) is 5.92 Å². The van der Waals surface area contributed by atoms with Crippen LogP contribution in [0.1, 0.15) is 25.3 Å². The van der Waals surface area contributed by atoms with Gasteiger partial charge >= 0.3 is 0 Å². The first-order valence-corrected chi connectivity index (χ1v) is 7.65. The van der Waals surface area contributed by atoms with Crippen molar-refractivity contribution < 1.29 is 4.74 Å². The number of anilines is 1. The molecule has 0 saturated heterocycles. The van der Waals surface area contributed by atoms with Gasteiger partial charge in [-0.25, -0.2) is 4.98 Å². The molecule has 0 amide bonds. The minimum absolute atomic E-state index is 0.549. The number of nitrogens with zero attached hydrogens (tertiary/aromatic N) is 2. The second-order valence-electron chi connectivity index (χ2n) is 4.88. The van der Waals surface area contributed by atoms with Gasteiger partial charge in [0.1, 0.15) is 5.82 Å². The second-order valence-corrected chi connectivity index (χ2v) is 5.44. The summed E-state index contributed by atoms with van der Waals surface area (Å²) in [5, 5.41) is 0.844. The Hall–Kier alpha value is -0.610. The first-order chi connectivity index (χ1) is 8.77. The number of hydrogen-bond acceptors (Lipinski definition) is 3. The number of rotatable bonds is 7. The van der Waals surface area contributed by atoms with Crippen LogP contribution in [0.2, 0.25) is 0 Å². The normalized spacial score (nSPS) is 16.6. The number of aromatic nitrogens is 1. The fraction of sp³-hybridized carbons (Fsp3) is 0.643. The number of halogens is 1. The van der Waals surface area contributed by atoms with Crippen LogP contribution in [-0.4, -0.2) is 31.3 Å². The zero-order valence-electron chi connectivity index (χ0n) is 11.1. The molecule has 1 aromatic heterocycles. The van der Waals surface area contributed by atoms with Crippen LogP contribution in [0, 0.1) is 5.92 Å². The largest absolute Gasteiger partial charge is 0.383 e. The number of methoxy groups -OCH3 is 1. The van der Waals surface area contributed by atoms with Gasteiger partial charge in [0.25, 0.3) is 0 Å². The maximum absolute atomic E-state index is 5.24. The van der Waals surface area contributed by atoms with E-state index in [0.29, 0.717) is 6.04 Å². The zero-order chi connectivity index (χ0) is 13.0. The highest BCUT2D eigenvalue weighted by atomic mass is 79.9. The van der Waals surface area contributed by atoms with E-state index in [1.807, 2.05) is 12.3 Å². The molecule has 0 N–H and O–H groups in total. The smallest absolute Gasteiger partial charge is 0.132 e. The maximum atomic E-state index is 5.24. The summed E-state index contributed by atoms with van der Waals surface area (Å²) in [6, 6.07) is 4.68.